The lowest BCUT2D eigenvalue weighted by atomic mass is 10.0. The number of nitrogens with zero attached hydrogens (tertiary/aromatic N) is 2. The van der Waals surface area contributed by atoms with Gasteiger partial charge < -0.3 is 10.8 Å². The second-order valence-corrected chi connectivity index (χ2v) is 6.65. The van der Waals surface area contributed by atoms with Crippen LogP contribution >= 0.6 is 0 Å². The summed E-state index contributed by atoms with van der Waals surface area (Å²) in [7, 11) is -2.15. The van der Waals surface area contributed by atoms with Crippen LogP contribution in [0.3, 0.4) is 0 Å². The molecule has 0 radical (unpaired) electrons. The van der Waals surface area contributed by atoms with Crippen molar-refractivity contribution in [2.75, 3.05) is 20.1 Å². The fraction of sp³-hybridized carbons (Fsp3) is 0.889. The predicted molar refractivity (Wildman–Crippen MR) is 62.6 cm³/mol. The van der Waals surface area contributed by atoms with Crippen molar-refractivity contribution in [3.63, 3.8) is 0 Å². The van der Waals surface area contributed by atoms with Crippen molar-refractivity contribution in [2.24, 2.45) is 5.73 Å². The second-order valence-electron chi connectivity index (χ2n) is 4.66. The Kier molecular flexibility index (Phi) is 3.82. The number of carboxylic acid groups (broad SMARTS) is 1. The number of hydrogen-bond donors (Lipinski definition) is 2. The van der Waals surface area contributed by atoms with Gasteiger partial charge >= 0.3 is 5.97 Å². The highest BCUT2D eigenvalue weighted by Gasteiger charge is 2.46. The van der Waals surface area contributed by atoms with Gasteiger partial charge in [-0.2, -0.15) is 17.0 Å². The van der Waals surface area contributed by atoms with Crippen LogP contribution in [0.2, 0.25) is 0 Å². The summed E-state index contributed by atoms with van der Waals surface area (Å²) >= 11 is 0. The van der Waals surface area contributed by atoms with Crippen LogP contribution in [-0.4, -0.2) is 59.8 Å². The van der Waals surface area contributed by atoms with E-state index in [9.17, 15) is 13.2 Å². The van der Waals surface area contributed by atoms with Gasteiger partial charge in [-0.3, -0.25) is 4.79 Å². The molecule has 0 aromatic heterocycles. The Morgan fingerprint density at radius 1 is 1.53 bits per heavy atom. The molecule has 0 aromatic rings. The molecule has 0 amide bonds. The topological polar surface area (TPSA) is 104 Å². The van der Waals surface area contributed by atoms with E-state index >= 15 is 0 Å². The first-order valence-electron chi connectivity index (χ1n) is 5.36. The molecular weight excluding hydrogens is 246 g/mol. The van der Waals surface area contributed by atoms with E-state index in [1.165, 1.54) is 11.4 Å². The highest BCUT2D eigenvalue weighted by atomic mass is 32.2. The maximum Gasteiger partial charge on any atom is 0.325 e. The van der Waals surface area contributed by atoms with Gasteiger partial charge in [0, 0.05) is 26.2 Å². The van der Waals surface area contributed by atoms with Gasteiger partial charge in [-0.05, 0) is 20.3 Å². The lowest BCUT2D eigenvalue weighted by molar-refractivity contribution is -0.142. The van der Waals surface area contributed by atoms with E-state index in [1.54, 1.807) is 13.8 Å². The van der Waals surface area contributed by atoms with Crippen molar-refractivity contribution in [1.82, 2.24) is 8.61 Å². The SMILES string of the molecule is CC(C)N(C)S(=O)(=O)N1CCC(N)(C(=O)O)C1. The van der Waals surface area contributed by atoms with Crippen LogP contribution in [0.1, 0.15) is 20.3 Å². The second kappa shape index (κ2) is 4.52. The van der Waals surface area contributed by atoms with Crippen LogP contribution in [0.4, 0.5) is 0 Å². The standard InChI is InChI=1S/C9H19N3O4S/c1-7(2)11(3)17(15,16)12-5-4-9(10,6-12)8(13)14/h7H,4-6,10H2,1-3H3,(H,13,14). The molecule has 7 nitrogen and oxygen atoms in total. The Bertz CT molecular complexity index is 408. The third kappa shape index (κ3) is 2.59. The molecule has 0 saturated carbocycles. The Labute approximate surface area is 101 Å². The average Bonchev–Trinajstić information content (AvgIpc) is 2.61. The first kappa shape index (κ1) is 14.4. The van der Waals surface area contributed by atoms with Gasteiger partial charge in [-0.15, -0.1) is 0 Å². The smallest absolute Gasteiger partial charge is 0.325 e. The van der Waals surface area contributed by atoms with Gasteiger partial charge in [-0.1, -0.05) is 0 Å². The third-order valence-electron chi connectivity index (χ3n) is 3.11. The number of nitrogens with two attached hydrogens (primary N) is 1. The Balaban J connectivity index is 2.88. The minimum atomic E-state index is -3.62. The molecule has 17 heavy (non-hydrogen) atoms. The Hall–Kier alpha value is -0.700. The maximum atomic E-state index is 12.1. The molecule has 1 saturated heterocycles. The molecule has 1 heterocycles. The molecule has 100 valence electrons. The molecular formula is C9H19N3O4S. The highest BCUT2D eigenvalue weighted by Crippen LogP contribution is 2.23. The number of hydrogen-bond acceptors (Lipinski definition) is 4. The fourth-order valence-corrected chi connectivity index (χ4v) is 3.23. The zero-order valence-corrected chi connectivity index (χ0v) is 11.1. The van der Waals surface area contributed by atoms with Crippen molar-refractivity contribution in [3.05, 3.63) is 0 Å². The molecule has 0 aromatic carbocycles. The minimum absolute atomic E-state index is 0.132. The number of carboxylic acids is 1. The van der Waals surface area contributed by atoms with Gasteiger partial charge in [0.05, 0.1) is 0 Å². The zero-order valence-electron chi connectivity index (χ0n) is 10.3. The Morgan fingerprint density at radius 3 is 2.41 bits per heavy atom. The van der Waals surface area contributed by atoms with Gasteiger partial charge in [0.25, 0.3) is 10.2 Å². The van der Waals surface area contributed by atoms with E-state index < -0.39 is 21.7 Å². The molecule has 1 aliphatic rings. The summed E-state index contributed by atoms with van der Waals surface area (Å²) in [6.07, 6.45) is 0.132. The summed E-state index contributed by atoms with van der Waals surface area (Å²) in [5.41, 5.74) is 4.17. The molecule has 1 atom stereocenters. The molecule has 8 heteroatoms. The van der Waals surface area contributed by atoms with Crippen LogP contribution in [0.25, 0.3) is 0 Å². The predicted octanol–water partition coefficient (Wildman–Crippen LogP) is -0.941. The monoisotopic (exact) mass is 265 g/mol. The van der Waals surface area contributed by atoms with Gasteiger partial charge in [0.2, 0.25) is 0 Å². The molecule has 0 spiro atoms. The zero-order chi connectivity index (χ0) is 13.4. The number of rotatable bonds is 4. The molecule has 1 fully saturated rings. The van der Waals surface area contributed by atoms with E-state index in [1.807, 2.05) is 0 Å². The molecule has 3 N–H and O–H groups in total. The van der Waals surface area contributed by atoms with Crippen molar-refractivity contribution in [3.8, 4) is 0 Å². The van der Waals surface area contributed by atoms with Crippen LogP contribution in [0.5, 0.6) is 0 Å². The summed E-state index contributed by atoms with van der Waals surface area (Å²) in [6, 6.07) is -0.183. The number of aliphatic carboxylic acids is 1. The maximum absolute atomic E-state index is 12.1. The summed E-state index contributed by atoms with van der Waals surface area (Å²) in [5.74, 6) is -1.16. The van der Waals surface area contributed by atoms with E-state index in [-0.39, 0.29) is 25.6 Å². The van der Waals surface area contributed by atoms with E-state index in [2.05, 4.69) is 0 Å². The number of carbonyl (C=O) groups is 1. The fourth-order valence-electron chi connectivity index (χ4n) is 1.62. The summed E-state index contributed by atoms with van der Waals surface area (Å²) < 4.78 is 26.5. The van der Waals surface area contributed by atoms with Crippen LogP contribution in [-0.2, 0) is 15.0 Å². The normalized spacial score (nSPS) is 26.9. The largest absolute Gasteiger partial charge is 0.480 e. The van der Waals surface area contributed by atoms with E-state index in [4.69, 9.17) is 10.8 Å². The van der Waals surface area contributed by atoms with Crippen LogP contribution in [0.15, 0.2) is 0 Å². The van der Waals surface area contributed by atoms with Gasteiger partial charge in [0.15, 0.2) is 0 Å². The molecule has 0 bridgehead atoms. The average molecular weight is 265 g/mol. The van der Waals surface area contributed by atoms with Crippen LogP contribution < -0.4 is 5.73 Å². The summed E-state index contributed by atoms with van der Waals surface area (Å²) in [4.78, 5) is 10.9. The first-order valence-corrected chi connectivity index (χ1v) is 6.76. The quantitative estimate of drug-likeness (QED) is 0.682. The van der Waals surface area contributed by atoms with Crippen molar-refractivity contribution >= 4 is 16.2 Å². The Morgan fingerprint density at radius 2 is 2.06 bits per heavy atom. The summed E-state index contributed by atoms with van der Waals surface area (Å²) in [6.45, 7) is 3.46. The highest BCUT2D eigenvalue weighted by molar-refractivity contribution is 7.86. The van der Waals surface area contributed by atoms with Crippen molar-refractivity contribution < 1.29 is 18.3 Å². The van der Waals surface area contributed by atoms with Crippen molar-refractivity contribution in [1.29, 1.82) is 0 Å². The van der Waals surface area contributed by atoms with Crippen LogP contribution in [0, 0.1) is 0 Å². The molecule has 0 aliphatic carbocycles. The first-order chi connectivity index (χ1) is 7.61. The lowest BCUT2D eigenvalue weighted by Gasteiger charge is -2.27. The third-order valence-corrected chi connectivity index (χ3v) is 5.22. The van der Waals surface area contributed by atoms with E-state index in [0.29, 0.717) is 0 Å². The minimum Gasteiger partial charge on any atom is -0.480 e. The molecule has 1 aliphatic heterocycles. The van der Waals surface area contributed by atoms with E-state index in [0.717, 1.165) is 4.31 Å². The van der Waals surface area contributed by atoms with Crippen molar-refractivity contribution in [2.45, 2.75) is 31.8 Å². The molecule has 1 unspecified atom stereocenters. The summed E-state index contributed by atoms with van der Waals surface area (Å²) in [5, 5.41) is 8.94. The molecule has 1 rings (SSSR count). The van der Waals surface area contributed by atoms with Gasteiger partial charge in [0.1, 0.15) is 5.54 Å². The van der Waals surface area contributed by atoms with Gasteiger partial charge in [-0.25, -0.2) is 0 Å². The lowest BCUT2D eigenvalue weighted by Crippen LogP contribution is -2.52.